The van der Waals surface area contributed by atoms with E-state index in [1.54, 1.807) is 0 Å². The second-order valence-corrected chi connectivity index (χ2v) is 6.22. The number of nitrogens with zero attached hydrogens (tertiary/aromatic N) is 3. The lowest BCUT2D eigenvalue weighted by atomic mass is 10.2. The first kappa shape index (κ1) is 14.7. The number of halogens is 1. The Labute approximate surface area is 122 Å². The summed E-state index contributed by atoms with van der Waals surface area (Å²) in [4.78, 5) is 7.59. The van der Waals surface area contributed by atoms with Gasteiger partial charge in [-0.05, 0) is 11.6 Å². The summed E-state index contributed by atoms with van der Waals surface area (Å²) in [6, 6.07) is 10.7. The fourth-order valence-electron chi connectivity index (χ4n) is 1.50. The van der Waals surface area contributed by atoms with Gasteiger partial charge in [0.1, 0.15) is 5.15 Å². The quantitative estimate of drug-likeness (QED) is 0.856. The molecule has 0 saturated heterocycles. The van der Waals surface area contributed by atoms with Crippen molar-refractivity contribution in [2.24, 2.45) is 0 Å². The average Bonchev–Trinajstić information content (AvgIpc) is 2.39. The highest BCUT2D eigenvalue weighted by molar-refractivity contribution is 7.90. The number of benzene rings is 1. The highest BCUT2D eigenvalue weighted by atomic mass is 35.5. The van der Waals surface area contributed by atoms with Crippen molar-refractivity contribution in [1.29, 1.82) is 0 Å². The van der Waals surface area contributed by atoms with Gasteiger partial charge in [-0.3, -0.25) is 0 Å². The molecule has 0 spiro atoms. The van der Waals surface area contributed by atoms with Gasteiger partial charge in [-0.25, -0.2) is 14.7 Å². The third-order valence-electron chi connectivity index (χ3n) is 2.50. The Kier molecular flexibility index (Phi) is 4.53. The van der Waals surface area contributed by atoms with E-state index in [0.717, 1.165) is 5.56 Å². The van der Waals surface area contributed by atoms with Gasteiger partial charge in [-0.2, -0.15) is 12.7 Å². The van der Waals surface area contributed by atoms with Crippen LogP contribution in [0.1, 0.15) is 5.56 Å². The van der Waals surface area contributed by atoms with Crippen molar-refractivity contribution in [2.75, 3.05) is 11.8 Å². The van der Waals surface area contributed by atoms with Gasteiger partial charge in [0.25, 0.3) is 0 Å². The molecule has 0 unspecified atom stereocenters. The van der Waals surface area contributed by atoms with Gasteiger partial charge in [-0.1, -0.05) is 41.9 Å². The molecule has 0 aliphatic heterocycles. The number of aromatic nitrogens is 2. The lowest BCUT2D eigenvalue weighted by Gasteiger charge is -2.17. The lowest BCUT2D eigenvalue weighted by Crippen LogP contribution is -2.32. The molecule has 0 aliphatic carbocycles. The second kappa shape index (κ2) is 6.17. The molecule has 0 atom stereocenters. The minimum atomic E-state index is -3.73. The molecule has 0 aliphatic rings. The van der Waals surface area contributed by atoms with Crippen LogP contribution in [0, 0.1) is 0 Å². The molecule has 1 aromatic carbocycles. The van der Waals surface area contributed by atoms with E-state index in [-0.39, 0.29) is 17.6 Å². The summed E-state index contributed by atoms with van der Waals surface area (Å²) in [5, 5.41) is 0.170. The number of nitrogens with one attached hydrogen (secondary N) is 1. The van der Waals surface area contributed by atoms with E-state index in [4.69, 9.17) is 11.6 Å². The summed E-state index contributed by atoms with van der Waals surface area (Å²) in [5.74, 6) is -0.0580. The highest BCUT2D eigenvalue weighted by Crippen LogP contribution is 2.11. The monoisotopic (exact) mass is 312 g/mol. The van der Waals surface area contributed by atoms with Gasteiger partial charge in [0.05, 0.1) is 0 Å². The van der Waals surface area contributed by atoms with Crippen molar-refractivity contribution in [1.82, 2.24) is 14.3 Å². The minimum absolute atomic E-state index is 0.0580. The molecule has 0 radical (unpaired) electrons. The van der Waals surface area contributed by atoms with Crippen LogP contribution in [-0.4, -0.2) is 29.7 Å². The molecule has 8 heteroatoms. The third kappa shape index (κ3) is 3.89. The maximum atomic E-state index is 12.1. The maximum Gasteiger partial charge on any atom is 0.304 e. The van der Waals surface area contributed by atoms with Crippen LogP contribution in [0.4, 0.5) is 5.95 Å². The van der Waals surface area contributed by atoms with Crippen LogP contribution in [0.15, 0.2) is 42.6 Å². The standard InChI is InChI=1S/C12H13ClN4O2S/c1-17(9-10-5-3-2-4-6-10)20(18,19)16-12-14-8-7-11(13)15-12/h2-8H,9H2,1H3,(H,14,15,16). The molecule has 2 rings (SSSR count). The second-order valence-electron chi connectivity index (χ2n) is 4.05. The van der Waals surface area contributed by atoms with Crippen molar-refractivity contribution in [3.63, 3.8) is 0 Å². The molecule has 2 aromatic rings. The van der Waals surface area contributed by atoms with Crippen LogP contribution in [0.5, 0.6) is 0 Å². The Balaban J connectivity index is 2.10. The van der Waals surface area contributed by atoms with Gasteiger partial charge in [0.15, 0.2) is 0 Å². The van der Waals surface area contributed by atoms with Crippen molar-refractivity contribution in [3.8, 4) is 0 Å². The van der Waals surface area contributed by atoms with E-state index < -0.39 is 10.2 Å². The fourth-order valence-corrected chi connectivity index (χ4v) is 2.44. The predicted molar refractivity (Wildman–Crippen MR) is 77.5 cm³/mol. The average molecular weight is 313 g/mol. The molecule has 1 aromatic heterocycles. The molecule has 0 amide bonds. The zero-order valence-corrected chi connectivity index (χ0v) is 12.3. The summed E-state index contributed by atoms with van der Waals surface area (Å²) in [7, 11) is -2.26. The largest absolute Gasteiger partial charge is 0.304 e. The maximum absolute atomic E-state index is 12.1. The summed E-state index contributed by atoms with van der Waals surface area (Å²) in [6.45, 7) is 0.247. The van der Waals surface area contributed by atoms with Crippen LogP contribution in [0.3, 0.4) is 0 Å². The molecular weight excluding hydrogens is 300 g/mol. The van der Waals surface area contributed by atoms with E-state index in [1.165, 1.54) is 23.6 Å². The van der Waals surface area contributed by atoms with Crippen molar-refractivity contribution in [3.05, 3.63) is 53.3 Å². The number of hydrogen-bond donors (Lipinski definition) is 1. The topological polar surface area (TPSA) is 75.2 Å². The van der Waals surface area contributed by atoms with Crippen LogP contribution >= 0.6 is 11.6 Å². The lowest BCUT2D eigenvalue weighted by molar-refractivity contribution is 0.471. The first-order valence-corrected chi connectivity index (χ1v) is 7.56. The fraction of sp³-hybridized carbons (Fsp3) is 0.167. The Morgan fingerprint density at radius 1 is 1.25 bits per heavy atom. The molecule has 0 bridgehead atoms. The van der Waals surface area contributed by atoms with Gasteiger partial charge in [0.2, 0.25) is 5.95 Å². The van der Waals surface area contributed by atoms with Crippen LogP contribution in [-0.2, 0) is 16.8 Å². The first-order chi connectivity index (χ1) is 9.47. The van der Waals surface area contributed by atoms with Crippen molar-refractivity contribution >= 4 is 27.8 Å². The van der Waals surface area contributed by atoms with Gasteiger partial charge in [0, 0.05) is 19.8 Å². The van der Waals surface area contributed by atoms with E-state index >= 15 is 0 Å². The smallest absolute Gasteiger partial charge is 0.238 e. The van der Waals surface area contributed by atoms with Crippen LogP contribution in [0.25, 0.3) is 0 Å². The molecule has 106 valence electrons. The van der Waals surface area contributed by atoms with Crippen LogP contribution in [0.2, 0.25) is 5.15 Å². The van der Waals surface area contributed by atoms with Crippen molar-refractivity contribution < 1.29 is 8.42 Å². The molecule has 1 N–H and O–H groups in total. The molecular formula is C12H13ClN4O2S. The minimum Gasteiger partial charge on any atom is -0.238 e. The Morgan fingerprint density at radius 2 is 1.95 bits per heavy atom. The Morgan fingerprint density at radius 3 is 2.60 bits per heavy atom. The number of hydrogen-bond acceptors (Lipinski definition) is 4. The molecule has 6 nitrogen and oxygen atoms in total. The van der Waals surface area contributed by atoms with Gasteiger partial charge >= 0.3 is 10.2 Å². The number of anilines is 1. The van der Waals surface area contributed by atoms with E-state index in [0.29, 0.717) is 0 Å². The van der Waals surface area contributed by atoms with Gasteiger partial charge < -0.3 is 0 Å². The summed E-state index contributed by atoms with van der Waals surface area (Å²) in [6.07, 6.45) is 1.38. The van der Waals surface area contributed by atoms with Gasteiger partial charge in [-0.15, -0.1) is 0 Å². The summed E-state index contributed by atoms with van der Waals surface area (Å²) < 4.78 is 27.7. The predicted octanol–water partition coefficient (Wildman–Crippen LogP) is 1.92. The van der Waals surface area contributed by atoms with E-state index in [1.807, 2.05) is 30.3 Å². The molecule has 0 fully saturated rings. The Hall–Kier alpha value is -1.70. The zero-order valence-electron chi connectivity index (χ0n) is 10.7. The van der Waals surface area contributed by atoms with E-state index in [9.17, 15) is 8.42 Å². The van der Waals surface area contributed by atoms with E-state index in [2.05, 4.69) is 14.7 Å². The summed E-state index contributed by atoms with van der Waals surface area (Å²) in [5.41, 5.74) is 0.882. The number of rotatable bonds is 5. The zero-order chi connectivity index (χ0) is 14.6. The van der Waals surface area contributed by atoms with Crippen LogP contribution < -0.4 is 4.72 Å². The molecule has 0 saturated carbocycles. The molecule has 20 heavy (non-hydrogen) atoms. The third-order valence-corrected chi connectivity index (χ3v) is 4.10. The molecule has 1 heterocycles. The first-order valence-electron chi connectivity index (χ1n) is 5.74. The SMILES string of the molecule is CN(Cc1ccccc1)S(=O)(=O)Nc1nccc(Cl)n1. The van der Waals surface area contributed by atoms with Crippen molar-refractivity contribution in [2.45, 2.75) is 6.54 Å². The normalized spacial score (nSPS) is 11.6. The highest BCUT2D eigenvalue weighted by Gasteiger charge is 2.19. The Bertz CT molecular complexity index is 679. The summed E-state index contributed by atoms with van der Waals surface area (Å²) >= 11 is 5.68.